The first-order chi connectivity index (χ1) is 8.72. The molecule has 0 radical (unpaired) electrons. The van der Waals surface area contributed by atoms with Gasteiger partial charge >= 0.3 is 0 Å². The second-order valence-corrected chi connectivity index (χ2v) is 5.22. The normalized spacial score (nSPS) is 23.9. The predicted octanol–water partition coefficient (Wildman–Crippen LogP) is 3.23. The summed E-state index contributed by atoms with van der Waals surface area (Å²) >= 11 is 0. The molecule has 0 unspecified atom stereocenters. The maximum Gasteiger partial charge on any atom is 0.143 e. The van der Waals surface area contributed by atoms with E-state index in [0.717, 1.165) is 30.2 Å². The molecule has 1 aromatic rings. The third-order valence-electron chi connectivity index (χ3n) is 3.89. The molecule has 100 valence electrons. The molecule has 1 aliphatic carbocycles. The molecule has 0 atom stereocenters. The molecule has 1 heterocycles. The van der Waals surface area contributed by atoms with Crippen LogP contribution in [0.1, 0.15) is 50.4 Å². The third kappa shape index (κ3) is 3.22. The fraction of sp³-hybridized carbons (Fsp3) is 0.667. The van der Waals surface area contributed by atoms with Crippen molar-refractivity contribution in [2.75, 3.05) is 0 Å². The van der Waals surface area contributed by atoms with E-state index in [4.69, 9.17) is 4.74 Å². The lowest BCUT2D eigenvalue weighted by atomic mass is 9.86. The molecule has 1 aromatic heterocycles. The highest BCUT2D eigenvalue weighted by molar-refractivity contribution is 5.29. The molecular formula is C15H23NO2. The number of aromatic nitrogens is 1. The van der Waals surface area contributed by atoms with Crippen molar-refractivity contribution < 1.29 is 9.84 Å². The van der Waals surface area contributed by atoms with Gasteiger partial charge in [0.25, 0.3) is 0 Å². The number of aryl methyl sites for hydroxylation is 1. The quantitative estimate of drug-likeness (QED) is 0.890. The van der Waals surface area contributed by atoms with E-state index in [1.54, 1.807) is 0 Å². The zero-order chi connectivity index (χ0) is 13.0. The lowest BCUT2D eigenvalue weighted by Gasteiger charge is -2.28. The molecule has 1 N–H and O–H groups in total. The number of aliphatic hydroxyl groups is 1. The maximum absolute atomic E-state index is 9.31. The van der Waals surface area contributed by atoms with Crippen molar-refractivity contribution in [2.45, 2.75) is 58.7 Å². The second-order valence-electron chi connectivity index (χ2n) is 5.22. The van der Waals surface area contributed by atoms with E-state index < -0.39 is 0 Å². The number of ether oxygens (including phenoxy) is 1. The molecule has 0 saturated heterocycles. The fourth-order valence-electron chi connectivity index (χ4n) is 2.66. The Morgan fingerprint density at radius 2 is 2.00 bits per heavy atom. The Balaban J connectivity index is 1.97. The number of nitrogens with zero attached hydrogens (tertiary/aromatic N) is 1. The van der Waals surface area contributed by atoms with Gasteiger partial charge in [0.2, 0.25) is 0 Å². The van der Waals surface area contributed by atoms with Gasteiger partial charge in [-0.1, -0.05) is 13.3 Å². The van der Waals surface area contributed by atoms with Gasteiger partial charge < -0.3 is 9.84 Å². The number of pyridine rings is 1. The Morgan fingerprint density at radius 3 is 2.61 bits per heavy atom. The molecule has 2 rings (SSSR count). The van der Waals surface area contributed by atoms with E-state index in [-0.39, 0.29) is 6.61 Å². The van der Waals surface area contributed by atoms with E-state index in [1.165, 1.54) is 19.3 Å². The highest BCUT2D eigenvalue weighted by atomic mass is 16.5. The number of rotatable bonds is 4. The maximum atomic E-state index is 9.31. The molecule has 0 bridgehead atoms. The first-order valence-corrected chi connectivity index (χ1v) is 6.97. The average molecular weight is 249 g/mol. The fourth-order valence-corrected chi connectivity index (χ4v) is 2.66. The van der Waals surface area contributed by atoms with Gasteiger partial charge in [0.05, 0.1) is 12.7 Å². The van der Waals surface area contributed by atoms with Gasteiger partial charge in [0.15, 0.2) is 0 Å². The number of hydrogen-bond acceptors (Lipinski definition) is 3. The van der Waals surface area contributed by atoms with Gasteiger partial charge in [0, 0.05) is 5.69 Å². The minimum absolute atomic E-state index is 0.0542. The summed E-state index contributed by atoms with van der Waals surface area (Å²) in [5.74, 6) is 1.63. The van der Waals surface area contributed by atoms with E-state index in [1.807, 2.05) is 19.1 Å². The zero-order valence-corrected chi connectivity index (χ0v) is 11.4. The first-order valence-electron chi connectivity index (χ1n) is 6.97. The van der Waals surface area contributed by atoms with Gasteiger partial charge in [-0.15, -0.1) is 0 Å². The lowest BCUT2D eigenvalue weighted by Crippen LogP contribution is -2.24. The summed E-state index contributed by atoms with van der Waals surface area (Å²) in [4.78, 5) is 4.31. The van der Waals surface area contributed by atoms with Gasteiger partial charge in [0.1, 0.15) is 11.4 Å². The Hall–Kier alpha value is -1.09. The van der Waals surface area contributed by atoms with Crippen LogP contribution in [-0.2, 0) is 6.61 Å². The van der Waals surface area contributed by atoms with E-state index >= 15 is 0 Å². The highest BCUT2D eigenvalue weighted by Gasteiger charge is 2.22. The Labute approximate surface area is 109 Å². The summed E-state index contributed by atoms with van der Waals surface area (Å²) in [5.41, 5.74) is 1.58. The van der Waals surface area contributed by atoms with Crippen molar-refractivity contribution in [3.05, 3.63) is 23.5 Å². The van der Waals surface area contributed by atoms with Crippen molar-refractivity contribution in [3.63, 3.8) is 0 Å². The second kappa shape index (κ2) is 6.19. The van der Waals surface area contributed by atoms with Crippen LogP contribution in [0.4, 0.5) is 0 Å². The number of aliphatic hydroxyl groups excluding tert-OH is 1. The van der Waals surface area contributed by atoms with Crippen molar-refractivity contribution in [3.8, 4) is 5.75 Å². The SMILES string of the molecule is CCC1CCC(Oc2ccc(C)nc2CO)CC1. The van der Waals surface area contributed by atoms with Crippen molar-refractivity contribution >= 4 is 0 Å². The highest BCUT2D eigenvalue weighted by Crippen LogP contribution is 2.30. The summed E-state index contributed by atoms with van der Waals surface area (Å²) in [7, 11) is 0. The molecule has 1 saturated carbocycles. The Kier molecular flexibility index (Phi) is 4.59. The lowest BCUT2D eigenvalue weighted by molar-refractivity contribution is 0.125. The van der Waals surface area contributed by atoms with Crippen LogP contribution in [0.2, 0.25) is 0 Å². The monoisotopic (exact) mass is 249 g/mol. The van der Waals surface area contributed by atoms with Crippen LogP contribution >= 0.6 is 0 Å². The van der Waals surface area contributed by atoms with Gasteiger partial charge in [-0.25, -0.2) is 0 Å². The smallest absolute Gasteiger partial charge is 0.143 e. The topological polar surface area (TPSA) is 42.4 Å². The molecule has 3 heteroatoms. The minimum Gasteiger partial charge on any atom is -0.488 e. The summed E-state index contributed by atoms with van der Waals surface area (Å²) in [6.07, 6.45) is 6.33. The van der Waals surface area contributed by atoms with E-state index in [0.29, 0.717) is 11.8 Å². The van der Waals surface area contributed by atoms with Crippen LogP contribution in [0.25, 0.3) is 0 Å². The van der Waals surface area contributed by atoms with Gasteiger partial charge in [-0.3, -0.25) is 4.98 Å². The molecular weight excluding hydrogens is 226 g/mol. The molecule has 18 heavy (non-hydrogen) atoms. The van der Waals surface area contributed by atoms with Crippen molar-refractivity contribution in [2.24, 2.45) is 5.92 Å². The molecule has 0 amide bonds. The Morgan fingerprint density at radius 1 is 1.28 bits per heavy atom. The first kappa shape index (κ1) is 13.3. The average Bonchev–Trinajstić information content (AvgIpc) is 2.41. The van der Waals surface area contributed by atoms with Crippen molar-refractivity contribution in [1.82, 2.24) is 4.98 Å². The largest absolute Gasteiger partial charge is 0.488 e. The molecule has 0 aliphatic heterocycles. The summed E-state index contributed by atoms with van der Waals surface area (Å²) in [6, 6.07) is 3.87. The third-order valence-corrected chi connectivity index (χ3v) is 3.89. The minimum atomic E-state index is -0.0542. The Bertz CT molecular complexity index is 384. The molecule has 1 fully saturated rings. The predicted molar refractivity (Wildman–Crippen MR) is 71.6 cm³/mol. The van der Waals surface area contributed by atoms with Gasteiger partial charge in [-0.05, 0) is 50.7 Å². The van der Waals surface area contributed by atoms with Crippen LogP contribution in [0.3, 0.4) is 0 Å². The summed E-state index contributed by atoms with van der Waals surface area (Å²) in [6.45, 7) is 4.14. The van der Waals surface area contributed by atoms with Crippen LogP contribution in [0.15, 0.2) is 12.1 Å². The molecule has 0 spiro atoms. The molecule has 0 aromatic carbocycles. The van der Waals surface area contributed by atoms with Crippen molar-refractivity contribution in [1.29, 1.82) is 0 Å². The standard InChI is InChI=1S/C15H23NO2/c1-3-12-5-7-13(8-6-12)18-15-9-4-11(2)16-14(15)10-17/h4,9,12-13,17H,3,5-8,10H2,1-2H3. The van der Waals surface area contributed by atoms with Crippen LogP contribution in [0, 0.1) is 12.8 Å². The van der Waals surface area contributed by atoms with Crippen LogP contribution in [0.5, 0.6) is 5.75 Å². The van der Waals surface area contributed by atoms with Crippen LogP contribution < -0.4 is 4.74 Å². The van der Waals surface area contributed by atoms with E-state index in [2.05, 4.69) is 11.9 Å². The van der Waals surface area contributed by atoms with Gasteiger partial charge in [-0.2, -0.15) is 0 Å². The van der Waals surface area contributed by atoms with E-state index in [9.17, 15) is 5.11 Å². The number of hydrogen-bond donors (Lipinski definition) is 1. The molecule has 1 aliphatic rings. The molecule has 3 nitrogen and oxygen atoms in total. The summed E-state index contributed by atoms with van der Waals surface area (Å²) < 4.78 is 6.00. The summed E-state index contributed by atoms with van der Waals surface area (Å²) in [5, 5.41) is 9.31. The van der Waals surface area contributed by atoms with Crippen LogP contribution in [-0.4, -0.2) is 16.2 Å². The zero-order valence-electron chi connectivity index (χ0n) is 11.4.